The summed E-state index contributed by atoms with van der Waals surface area (Å²) in [5.41, 5.74) is -0.483. The van der Waals surface area contributed by atoms with E-state index in [1.807, 2.05) is 57.2 Å². The first-order chi connectivity index (χ1) is 11.2. The summed E-state index contributed by atoms with van der Waals surface area (Å²) in [6, 6.07) is 9.62. The van der Waals surface area contributed by atoms with Crippen LogP contribution in [0, 0.1) is 0 Å². The van der Waals surface area contributed by atoms with Crippen LogP contribution in [0.5, 0.6) is 0 Å². The molecule has 0 saturated heterocycles. The summed E-state index contributed by atoms with van der Waals surface area (Å²) in [4.78, 5) is 29.0. The highest BCUT2D eigenvalue weighted by atomic mass is 16.7. The topological polar surface area (TPSA) is 88.0 Å². The molecule has 6 heteroatoms. The highest BCUT2D eigenvalue weighted by Crippen LogP contribution is 2.29. The van der Waals surface area contributed by atoms with E-state index in [1.165, 1.54) is 0 Å². The smallest absolute Gasteiger partial charge is 0.308 e. The molecule has 1 atom stereocenters. The predicted molar refractivity (Wildman–Crippen MR) is 91.5 cm³/mol. The highest BCUT2D eigenvalue weighted by Gasteiger charge is 2.48. The number of benzene rings is 1. The fourth-order valence-corrected chi connectivity index (χ4v) is 2.34. The molecule has 1 aliphatic heterocycles. The minimum Gasteiger partial charge on any atom is -0.481 e. The molecule has 1 aromatic rings. The van der Waals surface area contributed by atoms with Crippen LogP contribution in [0.2, 0.25) is 0 Å². The lowest BCUT2D eigenvalue weighted by atomic mass is 9.91. The van der Waals surface area contributed by atoms with Crippen LogP contribution in [-0.2, 0) is 14.4 Å². The molecule has 2 rings (SSSR count). The third-order valence-corrected chi connectivity index (χ3v) is 3.41. The van der Waals surface area contributed by atoms with Crippen LogP contribution in [0.25, 0.3) is 6.08 Å². The van der Waals surface area contributed by atoms with Gasteiger partial charge in [-0.2, -0.15) is 0 Å². The molecule has 128 valence electrons. The van der Waals surface area contributed by atoms with Gasteiger partial charge in [0.2, 0.25) is 5.60 Å². The maximum Gasteiger partial charge on any atom is 0.308 e. The minimum absolute atomic E-state index is 0.116. The number of oxime groups is 1. The zero-order valence-corrected chi connectivity index (χ0v) is 14.1. The summed E-state index contributed by atoms with van der Waals surface area (Å²) in [6.07, 6.45) is 3.26. The fourth-order valence-electron chi connectivity index (χ4n) is 2.34. The van der Waals surface area contributed by atoms with Gasteiger partial charge in [-0.15, -0.1) is 0 Å². The number of allylic oxidation sites excluding steroid dienone is 1. The number of carbonyl (C=O) groups excluding carboxylic acids is 1. The van der Waals surface area contributed by atoms with Crippen molar-refractivity contribution in [3.8, 4) is 0 Å². The minimum atomic E-state index is -1.50. The summed E-state index contributed by atoms with van der Waals surface area (Å²) < 4.78 is 0. The van der Waals surface area contributed by atoms with Crippen molar-refractivity contribution < 1.29 is 19.5 Å². The second-order valence-electron chi connectivity index (χ2n) is 6.86. The quantitative estimate of drug-likeness (QED) is 0.868. The summed E-state index contributed by atoms with van der Waals surface area (Å²) in [5.74, 6) is -1.58. The van der Waals surface area contributed by atoms with E-state index in [0.717, 1.165) is 5.56 Å². The number of nitrogens with zero attached hydrogens (tertiary/aromatic N) is 1. The summed E-state index contributed by atoms with van der Waals surface area (Å²) in [7, 11) is 0. The van der Waals surface area contributed by atoms with Gasteiger partial charge < -0.3 is 15.3 Å². The second-order valence-corrected chi connectivity index (χ2v) is 6.86. The zero-order valence-electron chi connectivity index (χ0n) is 14.1. The number of hydrogen-bond acceptors (Lipinski definition) is 4. The molecule has 0 aliphatic carbocycles. The lowest BCUT2D eigenvalue weighted by molar-refractivity contribution is -0.157. The van der Waals surface area contributed by atoms with Gasteiger partial charge in [0.05, 0.1) is 12.1 Å². The monoisotopic (exact) mass is 330 g/mol. The van der Waals surface area contributed by atoms with Crippen molar-refractivity contribution in [3.63, 3.8) is 0 Å². The third-order valence-electron chi connectivity index (χ3n) is 3.41. The van der Waals surface area contributed by atoms with Gasteiger partial charge in [0.15, 0.2) is 0 Å². The van der Waals surface area contributed by atoms with Crippen LogP contribution in [-0.4, -0.2) is 33.8 Å². The number of carboxylic acids is 1. The number of aliphatic carboxylic acids is 1. The van der Waals surface area contributed by atoms with Gasteiger partial charge >= 0.3 is 5.97 Å². The Labute approximate surface area is 141 Å². The molecule has 1 heterocycles. The van der Waals surface area contributed by atoms with Crippen molar-refractivity contribution >= 4 is 23.7 Å². The molecule has 0 aromatic heterocycles. The maximum absolute atomic E-state index is 12.5. The van der Waals surface area contributed by atoms with Crippen molar-refractivity contribution in [2.24, 2.45) is 5.16 Å². The number of carboxylic acid groups (broad SMARTS) is 1. The molecule has 24 heavy (non-hydrogen) atoms. The summed E-state index contributed by atoms with van der Waals surface area (Å²) in [5, 5.41) is 15.8. The number of carbonyl (C=O) groups is 2. The van der Waals surface area contributed by atoms with E-state index in [1.54, 1.807) is 6.08 Å². The Hall–Kier alpha value is -2.63. The molecular weight excluding hydrogens is 308 g/mol. The Balaban J connectivity index is 2.13. The lowest BCUT2D eigenvalue weighted by Crippen LogP contribution is -2.54. The SMILES string of the molecule is CC(C)(C)NC(=O)C1(CC(=O)O)CC(C=Cc2ccccc2)=NO1. The molecule has 0 saturated carbocycles. The molecule has 0 fully saturated rings. The van der Waals surface area contributed by atoms with Crippen molar-refractivity contribution in [1.82, 2.24) is 5.32 Å². The van der Waals surface area contributed by atoms with E-state index in [4.69, 9.17) is 9.94 Å². The van der Waals surface area contributed by atoms with E-state index in [0.29, 0.717) is 5.71 Å². The third kappa shape index (κ3) is 4.68. The Morgan fingerprint density at radius 2 is 1.96 bits per heavy atom. The molecule has 1 unspecified atom stereocenters. The average Bonchev–Trinajstić information content (AvgIpc) is 2.88. The van der Waals surface area contributed by atoms with Gasteiger partial charge in [-0.25, -0.2) is 0 Å². The van der Waals surface area contributed by atoms with E-state index >= 15 is 0 Å². The van der Waals surface area contributed by atoms with Crippen LogP contribution < -0.4 is 5.32 Å². The number of nitrogens with one attached hydrogen (secondary N) is 1. The van der Waals surface area contributed by atoms with Gasteiger partial charge in [0.25, 0.3) is 5.91 Å². The Bertz CT molecular complexity index is 674. The van der Waals surface area contributed by atoms with Gasteiger partial charge in [0.1, 0.15) is 0 Å². The largest absolute Gasteiger partial charge is 0.481 e. The Morgan fingerprint density at radius 1 is 1.29 bits per heavy atom. The van der Waals surface area contributed by atoms with Crippen LogP contribution >= 0.6 is 0 Å². The molecule has 1 aromatic carbocycles. The summed E-state index contributed by atoms with van der Waals surface area (Å²) >= 11 is 0. The van der Waals surface area contributed by atoms with Crippen LogP contribution in [0.15, 0.2) is 41.6 Å². The van der Waals surface area contributed by atoms with Crippen LogP contribution in [0.3, 0.4) is 0 Å². The number of amides is 1. The van der Waals surface area contributed by atoms with Gasteiger partial charge in [0, 0.05) is 12.0 Å². The molecule has 2 N–H and O–H groups in total. The molecule has 0 radical (unpaired) electrons. The van der Waals surface area contributed by atoms with E-state index in [9.17, 15) is 9.59 Å². The van der Waals surface area contributed by atoms with Crippen molar-refractivity contribution in [2.75, 3.05) is 0 Å². The number of rotatable bonds is 5. The van der Waals surface area contributed by atoms with Crippen molar-refractivity contribution in [3.05, 3.63) is 42.0 Å². The molecule has 0 spiro atoms. The first-order valence-electron chi connectivity index (χ1n) is 7.73. The van der Waals surface area contributed by atoms with Gasteiger partial charge in [-0.1, -0.05) is 41.6 Å². The van der Waals surface area contributed by atoms with Gasteiger partial charge in [-0.3, -0.25) is 9.59 Å². The van der Waals surface area contributed by atoms with Crippen LogP contribution in [0.1, 0.15) is 39.2 Å². The normalized spacial score (nSPS) is 20.5. The molecular formula is C18H22N2O4. The fraction of sp³-hybridized carbons (Fsp3) is 0.389. The molecule has 1 aliphatic rings. The molecule has 0 bridgehead atoms. The van der Waals surface area contributed by atoms with E-state index in [2.05, 4.69) is 10.5 Å². The van der Waals surface area contributed by atoms with Crippen molar-refractivity contribution in [2.45, 2.75) is 44.8 Å². The van der Waals surface area contributed by atoms with E-state index < -0.39 is 29.4 Å². The molecule has 6 nitrogen and oxygen atoms in total. The van der Waals surface area contributed by atoms with Crippen molar-refractivity contribution in [1.29, 1.82) is 0 Å². The molecule has 1 amide bonds. The average molecular weight is 330 g/mol. The standard InChI is InChI=1S/C18H22N2O4/c1-17(2,3)19-16(23)18(12-15(21)22)11-14(20-24-18)10-9-13-7-5-4-6-8-13/h4-10H,11-12H2,1-3H3,(H,19,23)(H,21,22). The van der Waals surface area contributed by atoms with Gasteiger partial charge in [-0.05, 0) is 32.4 Å². The Kier molecular flexibility index (Phi) is 5.07. The predicted octanol–water partition coefficient (Wildman–Crippen LogP) is 2.60. The van der Waals surface area contributed by atoms with Crippen LogP contribution in [0.4, 0.5) is 0 Å². The van der Waals surface area contributed by atoms with E-state index in [-0.39, 0.29) is 6.42 Å². The highest BCUT2D eigenvalue weighted by molar-refractivity contribution is 6.04. The lowest BCUT2D eigenvalue weighted by Gasteiger charge is -2.29. The summed E-state index contributed by atoms with van der Waals surface area (Å²) in [6.45, 7) is 5.47. The Morgan fingerprint density at radius 3 is 2.54 bits per heavy atom. The first-order valence-corrected chi connectivity index (χ1v) is 7.73. The maximum atomic E-state index is 12.5. The number of hydrogen-bond donors (Lipinski definition) is 2. The zero-order chi connectivity index (χ0) is 17.8. The first kappa shape index (κ1) is 17.7. The second kappa shape index (κ2) is 6.86.